The van der Waals surface area contributed by atoms with E-state index in [0.29, 0.717) is 12.5 Å². The van der Waals surface area contributed by atoms with Gasteiger partial charge in [0.05, 0.1) is 16.8 Å². The van der Waals surface area contributed by atoms with Gasteiger partial charge in [-0.2, -0.15) is 5.10 Å². The van der Waals surface area contributed by atoms with Gasteiger partial charge >= 0.3 is 0 Å². The molecule has 1 N–H and O–H groups in total. The van der Waals surface area contributed by atoms with Crippen LogP contribution in [0.15, 0.2) is 36.1 Å². The Morgan fingerprint density at radius 3 is 3.00 bits per heavy atom. The molecule has 4 heterocycles. The maximum atomic E-state index is 12.4. The van der Waals surface area contributed by atoms with Crippen molar-refractivity contribution in [2.75, 3.05) is 18.0 Å². The molecule has 7 nitrogen and oxygen atoms in total. The van der Waals surface area contributed by atoms with Crippen molar-refractivity contribution in [2.45, 2.75) is 19.4 Å². The Morgan fingerprint density at radius 1 is 1.38 bits per heavy atom. The maximum absolute atomic E-state index is 12.4. The van der Waals surface area contributed by atoms with E-state index in [2.05, 4.69) is 25.3 Å². The summed E-state index contributed by atoms with van der Waals surface area (Å²) in [4.78, 5) is 24.4. The van der Waals surface area contributed by atoms with Crippen LogP contribution in [0.4, 0.5) is 5.95 Å². The first-order chi connectivity index (χ1) is 12.6. The van der Waals surface area contributed by atoms with E-state index in [-0.39, 0.29) is 11.9 Å². The molecule has 4 rings (SSSR count). The molecule has 1 amide bonds. The summed E-state index contributed by atoms with van der Waals surface area (Å²) < 4.78 is 1.76. The monoisotopic (exact) mass is 368 g/mol. The van der Waals surface area contributed by atoms with Crippen LogP contribution in [0.3, 0.4) is 0 Å². The van der Waals surface area contributed by atoms with Crippen LogP contribution >= 0.6 is 11.3 Å². The standard InChI is InChI=1S/C18H20N6OS/c1-12-5-8-26-16(12)17(25)21-14-4-7-24(11-14)18-19-6-3-15(22-18)13-9-20-23(2)10-13/h3,5-6,8-10,14H,4,7,11H2,1-2H3,(H,21,25). The van der Waals surface area contributed by atoms with Gasteiger partial charge in [-0.15, -0.1) is 11.3 Å². The Kier molecular flexibility index (Phi) is 4.42. The van der Waals surface area contributed by atoms with Crippen LogP contribution in [0.5, 0.6) is 0 Å². The Labute approximate surface area is 155 Å². The average Bonchev–Trinajstić information content (AvgIpc) is 3.36. The van der Waals surface area contributed by atoms with Crippen molar-refractivity contribution in [2.24, 2.45) is 7.05 Å². The first-order valence-electron chi connectivity index (χ1n) is 8.52. The van der Waals surface area contributed by atoms with E-state index in [4.69, 9.17) is 0 Å². The van der Waals surface area contributed by atoms with Crippen molar-refractivity contribution in [3.63, 3.8) is 0 Å². The number of hydrogen-bond donors (Lipinski definition) is 1. The predicted octanol–water partition coefficient (Wildman–Crippen LogP) is 2.26. The lowest BCUT2D eigenvalue weighted by Crippen LogP contribution is -2.37. The van der Waals surface area contributed by atoms with E-state index in [0.717, 1.165) is 34.7 Å². The summed E-state index contributed by atoms with van der Waals surface area (Å²) in [5.41, 5.74) is 2.84. The number of carbonyl (C=O) groups excluding carboxylic acids is 1. The van der Waals surface area contributed by atoms with Crippen molar-refractivity contribution in [1.29, 1.82) is 0 Å². The summed E-state index contributed by atoms with van der Waals surface area (Å²) in [6.45, 7) is 3.50. The van der Waals surface area contributed by atoms with Crippen LogP contribution in [0.2, 0.25) is 0 Å². The quantitative estimate of drug-likeness (QED) is 0.764. The van der Waals surface area contributed by atoms with Crippen molar-refractivity contribution in [1.82, 2.24) is 25.1 Å². The van der Waals surface area contributed by atoms with Gasteiger partial charge in [-0.3, -0.25) is 9.48 Å². The lowest BCUT2D eigenvalue weighted by molar-refractivity contribution is 0.0944. The fourth-order valence-electron chi connectivity index (χ4n) is 3.13. The molecule has 0 saturated carbocycles. The normalized spacial score (nSPS) is 16.8. The summed E-state index contributed by atoms with van der Waals surface area (Å²) in [6.07, 6.45) is 6.38. The Hall–Kier alpha value is -2.74. The number of rotatable bonds is 4. The third kappa shape index (κ3) is 3.32. The molecule has 0 spiro atoms. The van der Waals surface area contributed by atoms with Crippen LogP contribution in [-0.4, -0.2) is 44.8 Å². The Balaban J connectivity index is 1.44. The van der Waals surface area contributed by atoms with Crippen molar-refractivity contribution >= 4 is 23.2 Å². The van der Waals surface area contributed by atoms with Gasteiger partial charge in [-0.25, -0.2) is 9.97 Å². The number of aryl methyl sites for hydroxylation is 2. The largest absolute Gasteiger partial charge is 0.347 e. The molecule has 1 aliphatic heterocycles. The van der Waals surface area contributed by atoms with Gasteiger partial charge < -0.3 is 10.2 Å². The summed E-state index contributed by atoms with van der Waals surface area (Å²) in [6, 6.07) is 3.96. The molecule has 1 fully saturated rings. The summed E-state index contributed by atoms with van der Waals surface area (Å²) in [5, 5.41) is 9.27. The van der Waals surface area contributed by atoms with Gasteiger partial charge in [-0.05, 0) is 36.4 Å². The summed E-state index contributed by atoms with van der Waals surface area (Å²) in [7, 11) is 1.88. The molecule has 26 heavy (non-hydrogen) atoms. The summed E-state index contributed by atoms with van der Waals surface area (Å²) in [5.74, 6) is 0.699. The fraction of sp³-hybridized carbons (Fsp3) is 0.333. The third-order valence-corrected chi connectivity index (χ3v) is 5.53. The minimum atomic E-state index is 0.00868. The number of nitrogens with one attached hydrogen (secondary N) is 1. The molecule has 0 aromatic carbocycles. The minimum absolute atomic E-state index is 0.00868. The maximum Gasteiger partial charge on any atom is 0.261 e. The van der Waals surface area contributed by atoms with Crippen molar-refractivity contribution in [3.8, 4) is 11.3 Å². The fourth-order valence-corrected chi connectivity index (χ4v) is 3.96. The summed E-state index contributed by atoms with van der Waals surface area (Å²) >= 11 is 1.48. The van der Waals surface area contributed by atoms with E-state index in [9.17, 15) is 4.79 Å². The highest BCUT2D eigenvalue weighted by molar-refractivity contribution is 7.12. The molecule has 1 saturated heterocycles. The molecule has 8 heteroatoms. The van der Waals surface area contributed by atoms with E-state index < -0.39 is 0 Å². The van der Waals surface area contributed by atoms with Crippen LogP contribution < -0.4 is 10.2 Å². The molecule has 1 aliphatic rings. The van der Waals surface area contributed by atoms with Crippen LogP contribution in [0.25, 0.3) is 11.3 Å². The highest BCUT2D eigenvalue weighted by atomic mass is 32.1. The zero-order chi connectivity index (χ0) is 18.1. The molecule has 1 atom stereocenters. The predicted molar refractivity (Wildman–Crippen MR) is 101 cm³/mol. The number of amides is 1. The lowest BCUT2D eigenvalue weighted by Gasteiger charge is -2.17. The third-order valence-electron chi connectivity index (χ3n) is 4.52. The van der Waals surface area contributed by atoms with Crippen molar-refractivity contribution in [3.05, 3.63) is 46.5 Å². The molecular formula is C18H20N6OS. The Morgan fingerprint density at radius 2 is 2.27 bits per heavy atom. The number of thiophene rings is 1. The zero-order valence-electron chi connectivity index (χ0n) is 14.7. The molecule has 0 radical (unpaired) electrons. The first kappa shape index (κ1) is 16.7. The van der Waals surface area contributed by atoms with E-state index in [1.165, 1.54) is 11.3 Å². The molecule has 3 aromatic rings. The second kappa shape index (κ2) is 6.87. The van der Waals surface area contributed by atoms with Gasteiger partial charge in [-0.1, -0.05) is 0 Å². The number of nitrogens with zero attached hydrogens (tertiary/aromatic N) is 5. The average molecular weight is 368 g/mol. The second-order valence-corrected chi connectivity index (χ2v) is 7.40. The number of hydrogen-bond acceptors (Lipinski definition) is 6. The molecular weight excluding hydrogens is 348 g/mol. The van der Waals surface area contributed by atoms with Crippen molar-refractivity contribution < 1.29 is 4.79 Å². The van der Waals surface area contributed by atoms with Crippen LogP contribution in [0, 0.1) is 6.92 Å². The highest BCUT2D eigenvalue weighted by Gasteiger charge is 2.26. The van der Waals surface area contributed by atoms with Gasteiger partial charge in [0.1, 0.15) is 0 Å². The van der Waals surface area contributed by atoms with Gasteiger partial charge in [0.25, 0.3) is 5.91 Å². The van der Waals surface area contributed by atoms with Gasteiger partial charge in [0, 0.05) is 44.1 Å². The number of aromatic nitrogens is 4. The molecule has 1 unspecified atom stereocenters. The highest BCUT2D eigenvalue weighted by Crippen LogP contribution is 2.22. The number of carbonyl (C=O) groups is 1. The minimum Gasteiger partial charge on any atom is -0.347 e. The second-order valence-electron chi connectivity index (χ2n) is 6.48. The van der Waals surface area contributed by atoms with E-state index in [1.807, 2.05) is 37.7 Å². The molecule has 0 bridgehead atoms. The lowest BCUT2D eigenvalue weighted by atomic mass is 10.2. The number of anilines is 1. The van der Waals surface area contributed by atoms with E-state index >= 15 is 0 Å². The SMILES string of the molecule is Cc1ccsc1C(=O)NC1CCN(c2nccc(-c3cnn(C)c3)n2)C1. The molecule has 0 aliphatic carbocycles. The smallest absolute Gasteiger partial charge is 0.261 e. The first-order valence-corrected chi connectivity index (χ1v) is 9.40. The van der Waals surface area contributed by atoms with Crippen LogP contribution in [0.1, 0.15) is 21.7 Å². The van der Waals surface area contributed by atoms with Gasteiger partial charge in [0.2, 0.25) is 5.95 Å². The van der Waals surface area contributed by atoms with Gasteiger partial charge in [0.15, 0.2) is 0 Å². The topological polar surface area (TPSA) is 75.9 Å². The zero-order valence-corrected chi connectivity index (χ0v) is 15.5. The van der Waals surface area contributed by atoms with E-state index in [1.54, 1.807) is 17.1 Å². The molecule has 3 aromatic heterocycles. The van der Waals surface area contributed by atoms with Crippen LogP contribution in [-0.2, 0) is 7.05 Å². The Bertz CT molecular complexity index is 933. The molecule has 134 valence electrons.